The Morgan fingerprint density at radius 2 is 1.60 bits per heavy atom. The van der Waals surface area contributed by atoms with Gasteiger partial charge < -0.3 is 29.7 Å². The van der Waals surface area contributed by atoms with Crippen LogP contribution in [0.5, 0.6) is 5.75 Å². The van der Waals surface area contributed by atoms with Crippen molar-refractivity contribution in [1.82, 2.24) is 10.2 Å². The highest BCUT2D eigenvalue weighted by Gasteiger charge is 2.76. The van der Waals surface area contributed by atoms with Crippen molar-refractivity contribution in [3.05, 3.63) is 143 Å². The van der Waals surface area contributed by atoms with E-state index in [2.05, 4.69) is 23.2 Å². The van der Waals surface area contributed by atoms with Gasteiger partial charge in [-0.25, -0.2) is 14.5 Å². The van der Waals surface area contributed by atoms with E-state index in [4.69, 9.17) is 14.2 Å². The standard InChI is InChI=1S/C50H49N3O10/c1-30(2)40(46(57)61-3)51-49(60)52-38-25-24-32(23-22-31-14-7-4-8-15-31)28-37(38)50(48(52)59)39(45(55)56)42-47(58)63-43(34-18-11-6-12-19-34)41(33-16-9-5-10-17-33)53(42)44(50)35-20-13-21-36(29-35)62-27-26-54/h5-6,9-14,16-21,24-25,28-30,39-44,54H,4,7-8,15,26-27H2,1-3H3,(H,51,60)(H,55,56)/t39-,40-,41-,42-,43+,44+,50-/m0/s1. The molecule has 3 aliphatic heterocycles. The maximum atomic E-state index is 16.1. The molecule has 7 atom stereocenters. The normalized spacial score (nSPS) is 24.4. The zero-order valence-corrected chi connectivity index (χ0v) is 35.2. The van der Waals surface area contributed by atoms with E-state index in [-0.39, 0.29) is 24.5 Å². The Morgan fingerprint density at radius 3 is 2.25 bits per heavy atom. The minimum atomic E-state index is -2.21. The highest BCUT2D eigenvalue weighted by Crippen LogP contribution is 2.66. The first-order valence-corrected chi connectivity index (χ1v) is 21.2. The minimum absolute atomic E-state index is 0.0518. The fourth-order valence-corrected chi connectivity index (χ4v) is 9.83. The molecule has 324 valence electrons. The molecule has 0 saturated carbocycles. The van der Waals surface area contributed by atoms with E-state index >= 15 is 4.79 Å². The molecule has 3 N–H and O–H groups in total. The number of anilines is 1. The molecule has 4 aliphatic rings. The van der Waals surface area contributed by atoms with Crippen molar-refractivity contribution in [3.63, 3.8) is 0 Å². The summed E-state index contributed by atoms with van der Waals surface area (Å²) in [5.41, 5.74) is 1.17. The summed E-state index contributed by atoms with van der Waals surface area (Å²) in [7, 11) is 1.20. The van der Waals surface area contributed by atoms with Gasteiger partial charge in [0, 0.05) is 5.56 Å². The average molecular weight is 852 g/mol. The first-order valence-electron chi connectivity index (χ1n) is 21.2. The third kappa shape index (κ3) is 7.63. The number of carboxylic acid groups (broad SMARTS) is 1. The van der Waals surface area contributed by atoms with E-state index < -0.39 is 77.4 Å². The van der Waals surface area contributed by atoms with Gasteiger partial charge in [-0.2, -0.15) is 0 Å². The van der Waals surface area contributed by atoms with E-state index in [0.717, 1.165) is 36.2 Å². The SMILES string of the molecule is COC(=O)[C@@H](NC(=O)N1C(=O)[C@@]2(c3cc(C#CC4=CCCCC4)ccc31)[C@H](C(=O)O)[C@H]1C(=O)O[C@H](c3ccccc3)[C@H](c3ccccc3)N1[C@@H]2c1cccc(OCCO)c1)C(C)C. The molecule has 3 heterocycles. The van der Waals surface area contributed by atoms with E-state index in [9.17, 15) is 29.4 Å². The van der Waals surface area contributed by atoms with Gasteiger partial charge in [0.1, 0.15) is 41.9 Å². The van der Waals surface area contributed by atoms with Crippen LogP contribution in [0, 0.1) is 23.7 Å². The van der Waals surface area contributed by atoms with Crippen LogP contribution in [0.2, 0.25) is 0 Å². The molecule has 0 unspecified atom stereocenters. The summed E-state index contributed by atoms with van der Waals surface area (Å²) in [5.74, 6) is 0.539. The number of allylic oxidation sites excluding steroid dienone is 2. The zero-order chi connectivity index (χ0) is 44.4. The van der Waals surface area contributed by atoms with Crippen LogP contribution < -0.4 is 15.0 Å². The number of methoxy groups -OCH3 is 1. The van der Waals surface area contributed by atoms with Crippen molar-refractivity contribution in [1.29, 1.82) is 0 Å². The summed E-state index contributed by atoms with van der Waals surface area (Å²) in [6.45, 7) is 3.09. The summed E-state index contributed by atoms with van der Waals surface area (Å²) in [5, 5.41) is 24.0. The van der Waals surface area contributed by atoms with Crippen LogP contribution in [0.3, 0.4) is 0 Å². The summed E-state index contributed by atoms with van der Waals surface area (Å²) in [4.78, 5) is 75.8. The van der Waals surface area contributed by atoms with Gasteiger partial charge in [-0.15, -0.1) is 0 Å². The van der Waals surface area contributed by atoms with Gasteiger partial charge in [0.25, 0.3) is 0 Å². The molecule has 63 heavy (non-hydrogen) atoms. The maximum absolute atomic E-state index is 16.1. The van der Waals surface area contributed by atoms with Crippen LogP contribution in [0.25, 0.3) is 0 Å². The summed E-state index contributed by atoms with van der Waals surface area (Å²) in [6, 6.07) is 24.2. The number of nitrogens with one attached hydrogen (secondary N) is 1. The van der Waals surface area contributed by atoms with Crippen molar-refractivity contribution in [3.8, 4) is 17.6 Å². The monoisotopic (exact) mass is 851 g/mol. The summed E-state index contributed by atoms with van der Waals surface area (Å²) in [6.07, 6.45) is 4.91. The fraction of sp³-hybridized carbons (Fsp3) is 0.340. The third-order valence-corrected chi connectivity index (χ3v) is 12.5. The highest BCUT2D eigenvalue weighted by atomic mass is 16.6. The predicted octanol–water partition coefficient (Wildman–Crippen LogP) is 6.57. The van der Waals surface area contributed by atoms with Crippen LogP contribution in [-0.4, -0.2) is 77.4 Å². The van der Waals surface area contributed by atoms with E-state index in [1.165, 1.54) is 7.11 Å². The van der Waals surface area contributed by atoms with E-state index in [1.54, 1.807) is 61.2 Å². The van der Waals surface area contributed by atoms with Crippen molar-refractivity contribution in [2.45, 2.75) is 75.2 Å². The maximum Gasteiger partial charge on any atom is 0.329 e. The number of hydrogen-bond acceptors (Lipinski definition) is 10. The van der Waals surface area contributed by atoms with Gasteiger partial charge in [-0.3, -0.25) is 19.3 Å². The molecule has 8 rings (SSSR count). The number of morpholine rings is 1. The first-order chi connectivity index (χ1) is 30.5. The molecule has 2 saturated heterocycles. The molecule has 4 aromatic carbocycles. The Labute approximate surface area is 365 Å². The van der Waals surface area contributed by atoms with Crippen LogP contribution in [-0.2, 0) is 34.1 Å². The number of imide groups is 1. The van der Waals surface area contributed by atoms with Gasteiger partial charge in [-0.05, 0) is 89.8 Å². The van der Waals surface area contributed by atoms with Crippen LogP contribution in [0.4, 0.5) is 10.5 Å². The average Bonchev–Trinajstić information content (AvgIpc) is 3.76. The van der Waals surface area contributed by atoms with E-state index in [0.29, 0.717) is 28.0 Å². The van der Waals surface area contributed by atoms with Crippen molar-refractivity contribution in [2.24, 2.45) is 11.8 Å². The number of carboxylic acids is 1. The largest absolute Gasteiger partial charge is 0.491 e. The molecule has 0 bridgehead atoms. The summed E-state index contributed by atoms with van der Waals surface area (Å²) >= 11 is 0. The number of hydrogen-bond donors (Lipinski definition) is 3. The molecule has 0 aromatic heterocycles. The van der Waals surface area contributed by atoms with E-state index in [1.807, 2.05) is 60.7 Å². The quantitative estimate of drug-likeness (QED) is 0.117. The molecular formula is C50H49N3O10. The topological polar surface area (TPSA) is 172 Å². The number of urea groups is 1. The molecule has 1 spiro atoms. The van der Waals surface area contributed by atoms with Crippen molar-refractivity contribution in [2.75, 3.05) is 25.2 Å². The number of fused-ring (bicyclic) bond motifs is 3. The first kappa shape index (κ1) is 42.9. The van der Waals surface area contributed by atoms with Crippen molar-refractivity contribution < 1.29 is 48.4 Å². The van der Waals surface area contributed by atoms with Crippen molar-refractivity contribution >= 4 is 35.5 Å². The number of amides is 3. The fourth-order valence-electron chi connectivity index (χ4n) is 9.83. The lowest BCUT2D eigenvalue weighted by Gasteiger charge is -2.46. The van der Waals surface area contributed by atoms with Gasteiger partial charge in [0.15, 0.2) is 0 Å². The Bertz CT molecular complexity index is 2510. The number of nitrogens with zero attached hydrogens (tertiary/aromatic N) is 2. The van der Waals surface area contributed by atoms with Crippen LogP contribution in [0.1, 0.15) is 85.5 Å². The number of carbonyl (C=O) groups excluding carboxylic acids is 4. The number of aliphatic hydroxyl groups excluding tert-OH is 1. The lowest BCUT2D eigenvalue weighted by Crippen LogP contribution is -2.56. The van der Waals surface area contributed by atoms with Gasteiger partial charge in [0.05, 0.1) is 31.5 Å². The Morgan fingerprint density at radius 1 is 0.889 bits per heavy atom. The Hall–Kier alpha value is -6.75. The number of aliphatic carboxylic acids is 1. The second kappa shape index (κ2) is 17.9. The van der Waals surface area contributed by atoms with Gasteiger partial charge in [0.2, 0.25) is 5.91 Å². The zero-order valence-electron chi connectivity index (χ0n) is 35.2. The molecule has 1 aliphatic carbocycles. The number of esters is 2. The van der Waals surface area contributed by atoms with Gasteiger partial charge in [-0.1, -0.05) is 105 Å². The lowest BCUT2D eigenvalue weighted by molar-refractivity contribution is -0.179. The third-order valence-electron chi connectivity index (χ3n) is 12.5. The van der Waals surface area contributed by atoms with Crippen LogP contribution in [0.15, 0.2) is 115 Å². The second-order valence-electron chi connectivity index (χ2n) is 16.5. The smallest absolute Gasteiger partial charge is 0.329 e. The number of aliphatic hydroxyl groups is 1. The number of benzene rings is 4. The minimum Gasteiger partial charge on any atom is -0.491 e. The molecule has 0 radical (unpaired) electrons. The van der Waals surface area contributed by atoms with Crippen LogP contribution >= 0.6 is 0 Å². The lowest BCUT2D eigenvalue weighted by atomic mass is 9.65. The summed E-state index contributed by atoms with van der Waals surface area (Å²) < 4.78 is 17.3. The molecule has 13 nitrogen and oxygen atoms in total. The molecule has 3 amide bonds. The number of ether oxygens (including phenoxy) is 3. The molecule has 2 fully saturated rings. The van der Waals surface area contributed by atoms with Gasteiger partial charge >= 0.3 is 23.9 Å². The number of carbonyl (C=O) groups is 5. The molecule has 4 aromatic rings. The molecule has 13 heteroatoms. The Balaban J connectivity index is 1.43. The number of cyclic esters (lactones) is 1. The second-order valence-corrected chi connectivity index (χ2v) is 16.5. The Kier molecular flexibility index (Phi) is 12.2. The highest BCUT2D eigenvalue weighted by molar-refractivity contribution is 6.24. The number of rotatable bonds is 10. The predicted molar refractivity (Wildman–Crippen MR) is 231 cm³/mol. The molecular weight excluding hydrogens is 803 g/mol.